The molecule has 0 amide bonds. The number of carbonyl (C=O) groups is 1. The summed E-state index contributed by atoms with van der Waals surface area (Å²) >= 11 is 0. The fourth-order valence-electron chi connectivity index (χ4n) is 2.14. The first-order chi connectivity index (χ1) is 8.21. The molecule has 18 heavy (non-hydrogen) atoms. The molecule has 2 aliphatic rings. The summed E-state index contributed by atoms with van der Waals surface area (Å²) in [6.45, 7) is 1.75. The zero-order valence-electron chi connectivity index (χ0n) is 9.98. The number of rotatable bonds is 0. The number of hydrogen-bond acceptors (Lipinski definition) is 4. The minimum Gasteiger partial charge on any atom is -0.475 e. The van der Waals surface area contributed by atoms with Gasteiger partial charge in [0.2, 0.25) is 0 Å². The van der Waals surface area contributed by atoms with E-state index >= 15 is 0 Å². The fraction of sp³-hybridized carbons (Fsp3) is 0.900. The Morgan fingerprint density at radius 3 is 2.06 bits per heavy atom. The highest BCUT2D eigenvalue weighted by atomic mass is 19.4. The normalized spacial score (nSPS) is 32.4. The van der Waals surface area contributed by atoms with Crippen LogP contribution in [-0.4, -0.2) is 60.5 Å². The molecule has 0 aromatic heterocycles. The first-order valence-electron chi connectivity index (χ1n) is 5.57. The minimum absolute atomic E-state index is 0.407. The van der Waals surface area contributed by atoms with E-state index in [1.165, 1.54) is 0 Å². The van der Waals surface area contributed by atoms with Gasteiger partial charge in [-0.05, 0) is 19.9 Å². The average molecular weight is 270 g/mol. The molecule has 5 nitrogen and oxygen atoms in total. The molecule has 0 spiro atoms. The van der Waals surface area contributed by atoms with E-state index < -0.39 is 12.1 Å². The lowest BCUT2D eigenvalue weighted by Gasteiger charge is -2.45. The number of nitrogens with two attached hydrogens (primary N) is 1. The van der Waals surface area contributed by atoms with E-state index in [-0.39, 0.29) is 0 Å². The number of ether oxygens (including phenoxy) is 1. The summed E-state index contributed by atoms with van der Waals surface area (Å²) in [6, 6.07) is 1.57. The van der Waals surface area contributed by atoms with Crippen LogP contribution in [-0.2, 0) is 9.53 Å². The third-order valence-corrected chi connectivity index (χ3v) is 3.16. The lowest BCUT2D eigenvalue weighted by molar-refractivity contribution is -0.192. The van der Waals surface area contributed by atoms with Crippen LogP contribution >= 0.6 is 0 Å². The third kappa shape index (κ3) is 4.11. The van der Waals surface area contributed by atoms with Crippen LogP contribution in [0.3, 0.4) is 0 Å². The van der Waals surface area contributed by atoms with Crippen molar-refractivity contribution in [1.82, 2.24) is 4.90 Å². The van der Waals surface area contributed by atoms with Crippen molar-refractivity contribution in [2.75, 3.05) is 20.3 Å². The van der Waals surface area contributed by atoms with E-state index in [9.17, 15) is 13.2 Å². The van der Waals surface area contributed by atoms with Crippen molar-refractivity contribution in [3.05, 3.63) is 0 Å². The quantitative estimate of drug-likeness (QED) is 0.668. The number of hydrogen-bond donors (Lipinski definition) is 2. The van der Waals surface area contributed by atoms with Crippen molar-refractivity contribution in [2.24, 2.45) is 5.73 Å². The second-order valence-corrected chi connectivity index (χ2v) is 4.54. The Hall–Kier alpha value is -0.860. The van der Waals surface area contributed by atoms with E-state index in [0.29, 0.717) is 18.1 Å². The van der Waals surface area contributed by atoms with E-state index in [4.69, 9.17) is 20.4 Å². The van der Waals surface area contributed by atoms with Crippen molar-refractivity contribution in [1.29, 1.82) is 0 Å². The van der Waals surface area contributed by atoms with Crippen molar-refractivity contribution in [3.8, 4) is 0 Å². The number of carboxylic acid groups (broad SMARTS) is 1. The Morgan fingerprint density at radius 2 is 1.72 bits per heavy atom. The van der Waals surface area contributed by atoms with Crippen molar-refractivity contribution in [2.45, 2.75) is 37.1 Å². The minimum atomic E-state index is -5.08. The highest BCUT2D eigenvalue weighted by Gasteiger charge is 2.38. The Kier molecular flexibility index (Phi) is 4.94. The zero-order chi connectivity index (χ0) is 13.9. The van der Waals surface area contributed by atoms with Gasteiger partial charge in [0.05, 0.1) is 13.2 Å². The van der Waals surface area contributed by atoms with Crippen LogP contribution in [0.2, 0.25) is 0 Å². The molecule has 2 rings (SSSR count). The number of halogens is 3. The number of carboxylic acids is 1. The second-order valence-electron chi connectivity index (χ2n) is 4.54. The molecule has 0 unspecified atom stereocenters. The highest BCUT2D eigenvalue weighted by molar-refractivity contribution is 5.73. The number of likely N-dealkylation sites (N-methyl/N-ethyl adjacent to an activating group) is 1. The van der Waals surface area contributed by atoms with Gasteiger partial charge in [-0.3, -0.25) is 4.90 Å². The number of nitrogens with zero attached hydrogens (tertiary/aromatic N) is 1. The lowest BCUT2D eigenvalue weighted by atomic mass is 9.91. The topological polar surface area (TPSA) is 75.8 Å². The van der Waals surface area contributed by atoms with Gasteiger partial charge in [-0.25, -0.2) is 4.79 Å². The summed E-state index contributed by atoms with van der Waals surface area (Å²) < 4.78 is 37.2. The SMILES string of the molecule is CN1[C@@H]2COC[C@H]1C[C@@H](N)C2.O=C(O)C(F)(F)F. The van der Waals surface area contributed by atoms with Crippen LogP contribution in [0.25, 0.3) is 0 Å². The van der Waals surface area contributed by atoms with Crippen LogP contribution < -0.4 is 5.73 Å². The maximum Gasteiger partial charge on any atom is 0.490 e. The molecule has 8 heteroatoms. The van der Waals surface area contributed by atoms with Gasteiger partial charge in [0.15, 0.2) is 0 Å². The maximum absolute atomic E-state index is 10.6. The first-order valence-corrected chi connectivity index (χ1v) is 5.57. The van der Waals surface area contributed by atoms with Gasteiger partial charge >= 0.3 is 12.1 Å². The predicted octanol–water partition coefficient (Wildman–Crippen LogP) is 0.440. The predicted molar refractivity (Wildman–Crippen MR) is 57.1 cm³/mol. The average Bonchev–Trinajstić information content (AvgIpc) is 2.19. The van der Waals surface area contributed by atoms with Gasteiger partial charge in [0.1, 0.15) is 0 Å². The van der Waals surface area contributed by atoms with Crippen LogP contribution in [0.1, 0.15) is 12.8 Å². The van der Waals surface area contributed by atoms with Crippen molar-refractivity contribution >= 4 is 5.97 Å². The number of piperidine rings is 1. The number of alkyl halides is 3. The maximum atomic E-state index is 10.6. The number of morpholine rings is 1. The van der Waals surface area contributed by atoms with Gasteiger partial charge in [0.25, 0.3) is 0 Å². The molecule has 106 valence electrons. The molecule has 3 atom stereocenters. The van der Waals surface area contributed by atoms with E-state index in [2.05, 4.69) is 11.9 Å². The van der Waals surface area contributed by atoms with Gasteiger partial charge in [-0.15, -0.1) is 0 Å². The standard InChI is InChI=1S/C8H16N2O.C2HF3O2/c1-10-7-2-6(9)3-8(10)5-11-4-7;3-2(4,5)1(6)7/h6-8H,2-5,9H2,1H3;(H,6,7)/t6-,7-,8+;. The molecule has 2 aliphatic heterocycles. The van der Waals surface area contributed by atoms with Gasteiger partial charge in [-0.1, -0.05) is 0 Å². The molecule has 0 aromatic carbocycles. The smallest absolute Gasteiger partial charge is 0.475 e. The van der Waals surface area contributed by atoms with Gasteiger partial charge < -0.3 is 15.6 Å². The summed E-state index contributed by atoms with van der Waals surface area (Å²) in [5, 5.41) is 7.12. The van der Waals surface area contributed by atoms with E-state index in [0.717, 1.165) is 26.1 Å². The number of fused-ring (bicyclic) bond motifs is 2. The number of aliphatic carboxylic acids is 1. The molecule has 2 bridgehead atoms. The van der Waals surface area contributed by atoms with Crippen molar-refractivity contribution < 1.29 is 27.8 Å². The largest absolute Gasteiger partial charge is 0.490 e. The Labute approximate surface area is 103 Å². The van der Waals surface area contributed by atoms with Gasteiger partial charge in [0, 0.05) is 18.1 Å². The summed E-state index contributed by atoms with van der Waals surface area (Å²) in [6.07, 6.45) is -2.88. The molecule has 2 heterocycles. The molecule has 0 aromatic rings. The van der Waals surface area contributed by atoms with Crippen LogP contribution in [0, 0.1) is 0 Å². The summed E-state index contributed by atoms with van der Waals surface area (Å²) in [5.74, 6) is -2.76. The molecular formula is C10H17F3N2O3. The third-order valence-electron chi connectivity index (χ3n) is 3.16. The van der Waals surface area contributed by atoms with Crippen LogP contribution in [0.5, 0.6) is 0 Å². The fourth-order valence-corrected chi connectivity index (χ4v) is 2.14. The van der Waals surface area contributed by atoms with E-state index in [1.54, 1.807) is 0 Å². The Balaban J connectivity index is 0.000000203. The van der Waals surface area contributed by atoms with Crippen LogP contribution in [0.4, 0.5) is 13.2 Å². The van der Waals surface area contributed by atoms with Crippen molar-refractivity contribution in [3.63, 3.8) is 0 Å². The first kappa shape index (κ1) is 15.2. The Morgan fingerprint density at radius 1 is 1.33 bits per heavy atom. The molecule has 3 N–H and O–H groups in total. The zero-order valence-corrected chi connectivity index (χ0v) is 9.98. The van der Waals surface area contributed by atoms with Crippen LogP contribution in [0.15, 0.2) is 0 Å². The molecule has 0 radical (unpaired) electrons. The van der Waals surface area contributed by atoms with E-state index in [1.807, 2.05) is 0 Å². The monoisotopic (exact) mass is 270 g/mol. The molecule has 0 aliphatic carbocycles. The molecule has 2 fully saturated rings. The van der Waals surface area contributed by atoms with Gasteiger partial charge in [-0.2, -0.15) is 13.2 Å². The summed E-state index contributed by atoms with van der Waals surface area (Å²) in [4.78, 5) is 11.3. The molecule has 0 saturated carbocycles. The highest BCUT2D eigenvalue weighted by Crippen LogP contribution is 2.24. The summed E-state index contributed by atoms with van der Waals surface area (Å²) in [7, 11) is 2.18. The lowest BCUT2D eigenvalue weighted by Crippen LogP contribution is -2.57. The summed E-state index contributed by atoms with van der Waals surface area (Å²) in [5.41, 5.74) is 5.90. The Bertz CT molecular complexity index is 285. The molecular weight excluding hydrogens is 253 g/mol. The molecule has 2 saturated heterocycles. The second kappa shape index (κ2) is 5.85.